The minimum Gasteiger partial charge on any atom is -0.313 e. The molecule has 0 heterocycles. The van der Waals surface area contributed by atoms with Crippen LogP contribution in [0.3, 0.4) is 0 Å². The summed E-state index contributed by atoms with van der Waals surface area (Å²) >= 11 is 2.05. The molecule has 1 aliphatic rings. The molecule has 0 bridgehead atoms. The fourth-order valence-electron chi connectivity index (χ4n) is 2.30. The predicted molar refractivity (Wildman–Crippen MR) is 67.0 cm³/mol. The fraction of sp³-hybridized carbons (Fsp3) is 1.00. The second kappa shape index (κ2) is 6.02. The summed E-state index contributed by atoms with van der Waals surface area (Å²) in [6.45, 7) is 8.25. The van der Waals surface area contributed by atoms with E-state index in [1.54, 1.807) is 0 Å². The average molecular weight is 215 g/mol. The summed E-state index contributed by atoms with van der Waals surface area (Å²) in [6.07, 6.45) is 5.52. The summed E-state index contributed by atoms with van der Waals surface area (Å²) in [6, 6.07) is 0.772. The minimum atomic E-state index is 0.540. The molecule has 1 saturated carbocycles. The maximum Gasteiger partial charge on any atom is 0.0118 e. The minimum absolute atomic E-state index is 0.540. The van der Waals surface area contributed by atoms with Gasteiger partial charge in [-0.1, -0.05) is 27.2 Å². The second-order valence-electron chi connectivity index (χ2n) is 4.94. The summed E-state index contributed by atoms with van der Waals surface area (Å²) in [5.41, 5.74) is 0.540. The number of rotatable bonds is 6. The lowest BCUT2D eigenvalue weighted by atomic mass is 9.87. The highest BCUT2D eigenvalue weighted by Gasteiger charge is 2.33. The van der Waals surface area contributed by atoms with Crippen LogP contribution in [0.15, 0.2) is 0 Å². The lowest BCUT2D eigenvalue weighted by Gasteiger charge is -2.27. The summed E-state index contributed by atoms with van der Waals surface area (Å²) in [7, 11) is 0. The van der Waals surface area contributed by atoms with Gasteiger partial charge >= 0.3 is 0 Å². The van der Waals surface area contributed by atoms with Crippen LogP contribution in [0.2, 0.25) is 0 Å². The maximum absolute atomic E-state index is 3.72. The van der Waals surface area contributed by atoms with Gasteiger partial charge in [0, 0.05) is 6.04 Å². The fourth-order valence-corrected chi connectivity index (χ4v) is 2.94. The SMILES string of the molecule is CCSCCCNC1CCCC1(C)C. The second-order valence-corrected chi connectivity index (χ2v) is 6.33. The van der Waals surface area contributed by atoms with E-state index < -0.39 is 0 Å². The van der Waals surface area contributed by atoms with Gasteiger partial charge in [0.05, 0.1) is 0 Å². The zero-order valence-corrected chi connectivity index (χ0v) is 10.8. The highest BCUT2D eigenvalue weighted by Crippen LogP contribution is 2.36. The van der Waals surface area contributed by atoms with Crippen molar-refractivity contribution in [3.8, 4) is 0 Å². The molecule has 1 atom stereocenters. The molecule has 0 aromatic heterocycles. The molecule has 0 saturated heterocycles. The van der Waals surface area contributed by atoms with Gasteiger partial charge in [0.1, 0.15) is 0 Å². The molecule has 1 nitrogen and oxygen atoms in total. The number of hydrogen-bond donors (Lipinski definition) is 1. The Labute approximate surface area is 93.4 Å². The van der Waals surface area contributed by atoms with Gasteiger partial charge in [0.15, 0.2) is 0 Å². The van der Waals surface area contributed by atoms with Gasteiger partial charge in [0.25, 0.3) is 0 Å². The van der Waals surface area contributed by atoms with Gasteiger partial charge in [-0.15, -0.1) is 0 Å². The molecule has 1 rings (SSSR count). The van der Waals surface area contributed by atoms with Gasteiger partial charge in [0.2, 0.25) is 0 Å². The van der Waals surface area contributed by atoms with Gasteiger partial charge in [-0.2, -0.15) is 11.8 Å². The van der Waals surface area contributed by atoms with Gasteiger partial charge in [-0.25, -0.2) is 0 Å². The first-order chi connectivity index (χ1) is 6.67. The van der Waals surface area contributed by atoms with Crippen molar-refractivity contribution >= 4 is 11.8 Å². The molecule has 1 aliphatic carbocycles. The van der Waals surface area contributed by atoms with Crippen LogP contribution in [0, 0.1) is 5.41 Å². The van der Waals surface area contributed by atoms with Crippen LogP contribution in [-0.4, -0.2) is 24.1 Å². The predicted octanol–water partition coefficient (Wildman–Crippen LogP) is 3.30. The zero-order valence-electron chi connectivity index (χ0n) is 9.94. The summed E-state index contributed by atoms with van der Waals surface area (Å²) in [5.74, 6) is 2.57. The van der Waals surface area contributed by atoms with Crippen LogP contribution in [0.5, 0.6) is 0 Å². The van der Waals surface area contributed by atoms with E-state index >= 15 is 0 Å². The van der Waals surface area contributed by atoms with Crippen molar-refractivity contribution in [1.29, 1.82) is 0 Å². The molecule has 0 aliphatic heterocycles. The van der Waals surface area contributed by atoms with E-state index in [0.29, 0.717) is 5.41 Å². The Bertz CT molecular complexity index is 156. The molecule has 14 heavy (non-hydrogen) atoms. The summed E-state index contributed by atoms with van der Waals surface area (Å²) in [5, 5.41) is 3.72. The molecule has 2 heteroatoms. The van der Waals surface area contributed by atoms with Crippen molar-refractivity contribution in [2.24, 2.45) is 5.41 Å². The molecule has 1 unspecified atom stereocenters. The van der Waals surface area contributed by atoms with Crippen molar-refractivity contribution < 1.29 is 0 Å². The van der Waals surface area contributed by atoms with Crippen LogP contribution in [0.25, 0.3) is 0 Å². The standard InChI is InChI=1S/C12H25NS/c1-4-14-10-6-9-13-11-7-5-8-12(11,2)3/h11,13H,4-10H2,1-3H3. The van der Waals surface area contributed by atoms with Gasteiger partial charge in [-0.05, 0) is 42.7 Å². The van der Waals surface area contributed by atoms with Crippen LogP contribution >= 0.6 is 11.8 Å². The molecular formula is C12H25NS. The first-order valence-electron chi connectivity index (χ1n) is 5.98. The molecule has 0 amide bonds. The van der Waals surface area contributed by atoms with Crippen molar-refractivity contribution in [1.82, 2.24) is 5.32 Å². The van der Waals surface area contributed by atoms with Crippen LogP contribution < -0.4 is 5.32 Å². The van der Waals surface area contributed by atoms with Crippen molar-refractivity contribution in [2.75, 3.05) is 18.1 Å². The van der Waals surface area contributed by atoms with Gasteiger partial charge < -0.3 is 5.32 Å². The number of thioether (sulfide) groups is 1. The molecule has 84 valence electrons. The summed E-state index contributed by atoms with van der Waals surface area (Å²) < 4.78 is 0. The molecule has 0 aromatic rings. The smallest absolute Gasteiger partial charge is 0.0118 e. The largest absolute Gasteiger partial charge is 0.313 e. The van der Waals surface area contributed by atoms with Gasteiger partial charge in [-0.3, -0.25) is 0 Å². The van der Waals surface area contributed by atoms with E-state index in [1.165, 1.54) is 43.7 Å². The molecule has 0 spiro atoms. The zero-order chi connectivity index (χ0) is 10.4. The monoisotopic (exact) mass is 215 g/mol. The van der Waals surface area contributed by atoms with E-state index in [2.05, 4.69) is 37.8 Å². The van der Waals surface area contributed by atoms with E-state index in [0.717, 1.165) is 6.04 Å². The van der Waals surface area contributed by atoms with Crippen LogP contribution in [0.4, 0.5) is 0 Å². The first-order valence-corrected chi connectivity index (χ1v) is 7.13. The molecule has 1 fully saturated rings. The third-order valence-electron chi connectivity index (χ3n) is 3.32. The van der Waals surface area contributed by atoms with E-state index in [9.17, 15) is 0 Å². The van der Waals surface area contributed by atoms with Crippen molar-refractivity contribution in [3.05, 3.63) is 0 Å². The maximum atomic E-state index is 3.72. The summed E-state index contributed by atoms with van der Waals surface area (Å²) in [4.78, 5) is 0. The molecule has 1 N–H and O–H groups in total. The van der Waals surface area contributed by atoms with E-state index in [1.807, 2.05) is 0 Å². The van der Waals surface area contributed by atoms with E-state index in [-0.39, 0.29) is 0 Å². The van der Waals surface area contributed by atoms with Crippen molar-refractivity contribution in [2.45, 2.75) is 52.5 Å². The lowest BCUT2D eigenvalue weighted by molar-refractivity contribution is 0.285. The Morgan fingerprint density at radius 2 is 2.21 bits per heavy atom. The highest BCUT2D eigenvalue weighted by molar-refractivity contribution is 7.99. The Morgan fingerprint density at radius 1 is 1.43 bits per heavy atom. The van der Waals surface area contributed by atoms with Crippen LogP contribution in [-0.2, 0) is 0 Å². The normalized spacial score (nSPS) is 25.5. The lowest BCUT2D eigenvalue weighted by Crippen LogP contribution is -2.38. The Morgan fingerprint density at radius 3 is 2.79 bits per heavy atom. The average Bonchev–Trinajstić information content (AvgIpc) is 2.45. The highest BCUT2D eigenvalue weighted by atomic mass is 32.2. The Balaban J connectivity index is 2.06. The van der Waals surface area contributed by atoms with Crippen LogP contribution in [0.1, 0.15) is 46.5 Å². The number of hydrogen-bond acceptors (Lipinski definition) is 2. The Hall–Kier alpha value is 0.310. The molecule has 0 radical (unpaired) electrons. The third kappa shape index (κ3) is 3.82. The quantitative estimate of drug-likeness (QED) is 0.682. The Kier molecular flexibility index (Phi) is 5.32. The topological polar surface area (TPSA) is 12.0 Å². The molecular weight excluding hydrogens is 190 g/mol. The third-order valence-corrected chi connectivity index (χ3v) is 4.30. The first kappa shape index (κ1) is 12.4. The molecule has 0 aromatic carbocycles. The van der Waals surface area contributed by atoms with E-state index in [4.69, 9.17) is 0 Å². The van der Waals surface area contributed by atoms with Crippen molar-refractivity contribution in [3.63, 3.8) is 0 Å². The number of nitrogens with one attached hydrogen (secondary N) is 1.